The molecule has 6 rings (SSSR count). The van der Waals surface area contributed by atoms with Crippen LogP contribution in [0.1, 0.15) is 6.42 Å². The van der Waals surface area contributed by atoms with Crippen LogP contribution in [0.2, 0.25) is 0 Å². The van der Waals surface area contributed by atoms with Gasteiger partial charge in [-0.15, -0.1) is 0 Å². The van der Waals surface area contributed by atoms with Crippen molar-refractivity contribution in [3.63, 3.8) is 0 Å². The number of ketones is 2. The fraction of sp³-hybridized carbons (Fsp3) is 0.600. The SMILES string of the molecule is O=C1OC(=O)C2C3C=CC(C12)C1C2C(=O)CC(=O)C2C31. The van der Waals surface area contributed by atoms with E-state index in [2.05, 4.69) is 0 Å². The van der Waals surface area contributed by atoms with E-state index in [4.69, 9.17) is 4.74 Å². The first-order valence-corrected chi connectivity index (χ1v) is 7.09. The first-order valence-electron chi connectivity index (χ1n) is 7.09. The van der Waals surface area contributed by atoms with E-state index in [0.717, 1.165) is 0 Å². The topological polar surface area (TPSA) is 77.5 Å². The van der Waals surface area contributed by atoms with Gasteiger partial charge < -0.3 is 4.74 Å². The molecular formula is C15H12O5. The first kappa shape index (κ1) is 10.9. The van der Waals surface area contributed by atoms with Crippen LogP contribution in [0.4, 0.5) is 0 Å². The predicted octanol–water partition coefficient (Wildman–Crippen LogP) is 0.138. The van der Waals surface area contributed by atoms with Gasteiger partial charge in [0, 0.05) is 11.8 Å². The van der Waals surface area contributed by atoms with Gasteiger partial charge in [0.05, 0.1) is 18.3 Å². The standard InChI is InChI=1S/C15H12O5/c16-6-3-7(17)13-9-5-2-1-4(8(9)12(6)13)10-11(5)15(19)20-14(10)18/h1-2,4-5,8-13H,3H2. The maximum atomic E-state index is 12.0. The van der Waals surface area contributed by atoms with Gasteiger partial charge in [0.1, 0.15) is 11.6 Å². The third kappa shape index (κ3) is 0.940. The number of rotatable bonds is 0. The molecule has 0 aromatic carbocycles. The van der Waals surface area contributed by atoms with Crippen molar-refractivity contribution in [2.45, 2.75) is 6.42 Å². The van der Waals surface area contributed by atoms with Crippen molar-refractivity contribution >= 4 is 23.5 Å². The van der Waals surface area contributed by atoms with Crippen LogP contribution in [0.25, 0.3) is 0 Å². The minimum Gasteiger partial charge on any atom is -0.393 e. The van der Waals surface area contributed by atoms with E-state index in [0.29, 0.717) is 0 Å². The summed E-state index contributed by atoms with van der Waals surface area (Å²) in [5.74, 6) is -2.21. The molecule has 102 valence electrons. The van der Waals surface area contributed by atoms with Gasteiger partial charge in [-0.25, -0.2) is 0 Å². The number of hydrogen-bond acceptors (Lipinski definition) is 5. The second-order valence-electron chi connectivity index (χ2n) is 6.65. The van der Waals surface area contributed by atoms with Crippen LogP contribution in [0.5, 0.6) is 0 Å². The predicted molar refractivity (Wildman–Crippen MR) is 62.8 cm³/mol. The molecule has 0 amide bonds. The Balaban J connectivity index is 1.63. The number of allylic oxidation sites excluding steroid dienone is 2. The monoisotopic (exact) mass is 272 g/mol. The third-order valence-electron chi connectivity index (χ3n) is 6.16. The molecule has 8 atom stereocenters. The molecule has 0 aromatic heterocycles. The number of fused-ring (bicyclic) bond motifs is 1. The molecule has 1 aliphatic heterocycles. The Kier molecular flexibility index (Phi) is 1.70. The molecule has 0 spiro atoms. The Morgan fingerprint density at radius 1 is 0.750 bits per heavy atom. The Hall–Kier alpha value is -1.78. The largest absolute Gasteiger partial charge is 0.393 e. The molecule has 20 heavy (non-hydrogen) atoms. The molecular weight excluding hydrogens is 260 g/mol. The summed E-state index contributed by atoms with van der Waals surface area (Å²) in [5, 5.41) is 0. The Bertz CT molecular complexity index is 580. The second kappa shape index (κ2) is 3.10. The summed E-state index contributed by atoms with van der Waals surface area (Å²) in [7, 11) is 0. The quantitative estimate of drug-likeness (QED) is 0.356. The summed E-state index contributed by atoms with van der Waals surface area (Å²) < 4.78 is 4.80. The molecule has 4 fully saturated rings. The molecule has 5 heteroatoms. The Morgan fingerprint density at radius 3 is 1.65 bits per heavy atom. The molecule has 3 saturated carbocycles. The average molecular weight is 272 g/mol. The second-order valence-corrected chi connectivity index (χ2v) is 6.65. The molecule has 0 N–H and O–H groups in total. The van der Waals surface area contributed by atoms with Crippen LogP contribution in [0.15, 0.2) is 12.2 Å². The summed E-state index contributed by atoms with van der Waals surface area (Å²) in [5.41, 5.74) is 0. The highest BCUT2D eigenvalue weighted by Crippen LogP contribution is 2.67. The lowest BCUT2D eigenvalue weighted by Gasteiger charge is -2.60. The average Bonchev–Trinajstić information content (AvgIpc) is 2.78. The summed E-state index contributed by atoms with van der Waals surface area (Å²) in [6.45, 7) is 0. The van der Waals surface area contributed by atoms with E-state index < -0.39 is 23.8 Å². The van der Waals surface area contributed by atoms with Crippen molar-refractivity contribution in [3.05, 3.63) is 12.2 Å². The number of esters is 2. The van der Waals surface area contributed by atoms with E-state index in [9.17, 15) is 19.2 Å². The van der Waals surface area contributed by atoms with Gasteiger partial charge in [0.2, 0.25) is 0 Å². The van der Waals surface area contributed by atoms with Gasteiger partial charge in [-0.05, 0) is 23.7 Å². The zero-order valence-corrected chi connectivity index (χ0v) is 10.5. The van der Waals surface area contributed by atoms with E-state index in [1.807, 2.05) is 12.2 Å². The van der Waals surface area contributed by atoms with Crippen molar-refractivity contribution in [2.24, 2.45) is 47.3 Å². The number of hydrogen-bond donors (Lipinski definition) is 0. The van der Waals surface area contributed by atoms with E-state index >= 15 is 0 Å². The smallest absolute Gasteiger partial charge is 0.318 e. The third-order valence-corrected chi connectivity index (χ3v) is 6.16. The van der Waals surface area contributed by atoms with Crippen LogP contribution in [0.3, 0.4) is 0 Å². The van der Waals surface area contributed by atoms with Crippen LogP contribution in [-0.2, 0) is 23.9 Å². The highest BCUT2D eigenvalue weighted by molar-refractivity contribution is 6.10. The van der Waals surface area contributed by atoms with Crippen LogP contribution in [0, 0.1) is 47.3 Å². The summed E-state index contributed by atoms with van der Waals surface area (Å²) in [6.07, 6.45) is 3.98. The van der Waals surface area contributed by atoms with Gasteiger partial charge in [-0.3, -0.25) is 19.2 Å². The number of carbonyl (C=O) groups excluding carboxylic acids is 4. The lowest BCUT2D eigenvalue weighted by Crippen LogP contribution is -2.63. The van der Waals surface area contributed by atoms with Gasteiger partial charge >= 0.3 is 11.9 Å². The van der Waals surface area contributed by atoms with Gasteiger partial charge in [0.15, 0.2) is 0 Å². The van der Waals surface area contributed by atoms with E-state index in [1.165, 1.54) is 0 Å². The molecule has 0 radical (unpaired) electrons. The first-order chi connectivity index (χ1) is 9.59. The molecule has 1 heterocycles. The van der Waals surface area contributed by atoms with Gasteiger partial charge in [-0.1, -0.05) is 12.2 Å². The van der Waals surface area contributed by atoms with Crippen molar-refractivity contribution in [3.8, 4) is 0 Å². The van der Waals surface area contributed by atoms with Crippen LogP contribution in [-0.4, -0.2) is 23.5 Å². The lowest BCUT2D eigenvalue weighted by atomic mass is 9.40. The van der Waals surface area contributed by atoms with E-state index in [-0.39, 0.29) is 53.5 Å². The van der Waals surface area contributed by atoms with Crippen LogP contribution < -0.4 is 0 Å². The Morgan fingerprint density at radius 2 is 1.20 bits per heavy atom. The number of ether oxygens (including phenoxy) is 1. The minimum absolute atomic E-state index is 0.0245. The van der Waals surface area contributed by atoms with Gasteiger partial charge in [0.25, 0.3) is 0 Å². The van der Waals surface area contributed by atoms with Crippen LogP contribution >= 0.6 is 0 Å². The molecule has 5 nitrogen and oxygen atoms in total. The molecule has 8 unspecified atom stereocenters. The summed E-state index contributed by atoms with van der Waals surface area (Å²) >= 11 is 0. The molecule has 5 aliphatic carbocycles. The number of Topliss-reactive ketones (excluding diaryl/α,β-unsaturated/α-hetero) is 2. The maximum Gasteiger partial charge on any atom is 0.318 e. The fourth-order valence-electron chi connectivity index (χ4n) is 5.59. The zero-order valence-electron chi connectivity index (χ0n) is 10.5. The Labute approximate surface area is 114 Å². The maximum absolute atomic E-state index is 12.0. The minimum atomic E-state index is -0.446. The highest BCUT2D eigenvalue weighted by atomic mass is 16.6. The van der Waals surface area contributed by atoms with Crippen molar-refractivity contribution in [1.82, 2.24) is 0 Å². The summed E-state index contributed by atoms with van der Waals surface area (Å²) in [4.78, 5) is 47.8. The number of carbonyl (C=O) groups is 4. The summed E-state index contributed by atoms with van der Waals surface area (Å²) in [6, 6.07) is 0. The van der Waals surface area contributed by atoms with Crippen molar-refractivity contribution < 1.29 is 23.9 Å². The van der Waals surface area contributed by atoms with E-state index in [1.54, 1.807) is 0 Å². The molecule has 0 aromatic rings. The zero-order chi connectivity index (χ0) is 13.8. The van der Waals surface area contributed by atoms with Gasteiger partial charge in [-0.2, -0.15) is 0 Å². The number of cyclic esters (lactones) is 2. The molecule has 1 saturated heterocycles. The fourth-order valence-corrected chi connectivity index (χ4v) is 5.59. The lowest BCUT2D eigenvalue weighted by molar-refractivity contribution is -0.166. The molecule has 2 bridgehead atoms. The van der Waals surface area contributed by atoms with Crippen molar-refractivity contribution in [1.29, 1.82) is 0 Å². The van der Waals surface area contributed by atoms with Crippen molar-refractivity contribution in [2.75, 3.05) is 0 Å². The highest BCUT2D eigenvalue weighted by Gasteiger charge is 2.73. The molecule has 6 aliphatic rings. The normalized spacial score (nSPS) is 54.4.